The molecule has 0 radical (unpaired) electrons. The van der Waals surface area contributed by atoms with Gasteiger partial charge in [-0.25, -0.2) is 0 Å². The Kier molecular flexibility index (Phi) is 7.69. The van der Waals surface area contributed by atoms with Gasteiger partial charge in [0, 0.05) is 12.1 Å². The Morgan fingerprint density at radius 2 is 2.05 bits per heavy atom. The number of carbonyl (C=O) groups excluding carboxylic acids is 1. The normalized spacial score (nSPS) is 15.6. The SMILES string of the molecule is CC(C)C[C@H](N)C(=O)NCc1ccccc1OC1CCC1.Cl. The fraction of sp³-hybridized carbons (Fsp3) is 0.588. The summed E-state index contributed by atoms with van der Waals surface area (Å²) in [5.74, 6) is 1.20. The van der Waals surface area contributed by atoms with E-state index in [1.165, 1.54) is 6.42 Å². The molecule has 1 aliphatic rings. The molecular formula is C17H27ClN2O2. The standard InChI is InChI=1S/C17H26N2O2.ClH/c1-12(2)10-15(18)17(20)19-11-13-6-3-4-9-16(13)21-14-7-5-8-14;/h3-4,6,9,12,14-15H,5,7-8,10-11,18H2,1-2H3,(H,19,20);1H/t15-;/m0./s1. The number of rotatable bonds is 7. The topological polar surface area (TPSA) is 64.4 Å². The fourth-order valence-corrected chi connectivity index (χ4v) is 2.36. The number of carbonyl (C=O) groups is 1. The first-order valence-electron chi connectivity index (χ1n) is 7.84. The number of benzene rings is 1. The Morgan fingerprint density at radius 3 is 2.64 bits per heavy atom. The van der Waals surface area contributed by atoms with Gasteiger partial charge in [0.15, 0.2) is 0 Å². The summed E-state index contributed by atoms with van der Waals surface area (Å²) in [4.78, 5) is 12.0. The van der Waals surface area contributed by atoms with Gasteiger partial charge in [-0.05, 0) is 37.7 Å². The third-order valence-corrected chi connectivity index (χ3v) is 3.83. The zero-order valence-corrected chi connectivity index (χ0v) is 14.2. The van der Waals surface area contributed by atoms with Crippen molar-refractivity contribution in [1.29, 1.82) is 0 Å². The quantitative estimate of drug-likeness (QED) is 0.809. The molecule has 22 heavy (non-hydrogen) atoms. The predicted molar refractivity (Wildman–Crippen MR) is 91.2 cm³/mol. The average molecular weight is 327 g/mol. The van der Waals surface area contributed by atoms with Gasteiger partial charge in [-0.3, -0.25) is 4.79 Å². The van der Waals surface area contributed by atoms with Crippen LogP contribution in [0.5, 0.6) is 5.75 Å². The second-order valence-electron chi connectivity index (χ2n) is 6.23. The minimum atomic E-state index is -0.440. The molecule has 0 aromatic heterocycles. The first-order valence-corrected chi connectivity index (χ1v) is 7.84. The maximum absolute atomic E-state index is 12.0. The summed E-state index contributed by atoms with van der Waals surface area (Å²) in [6.45, 7) is 4.59. The Labute approximate surface area is 139 Å². The average Bonchev–Trinajstić information content (AvgIpc) is 2.40. The molecule has 0 bridgehead atoms. The van der Waals surface area contributed by atoms with Crippen molar-refractivity contribution in [2.45, 2.75) is 58.2 Å². The highest BCUT2D eigenvalue weighted by atomic mass is 35.5. The monoisotopic (exact) mass is 326 g/mol. The summed E-state index contributed by atoms with van der Waals surface area (Å²) < 4.78 is 5.96. The molecule has 2 rings (SSSR count). The summed E-state index contributed by atoms with van der Waals surface area (Å²) in [6.07, 6.45) is 4.53. The number of nitrogens with two attached hydrogens (primary N) is 1. The minimum absolute atomic E-state index is 0. The number of amides is 1. The number of nitrogens with one attached hydrogen (secondary N) is 1. The molecule has 1 aliphatic carbocycles. The third-order valence-electron chi connectivity index (χ3n) is 3.83. The number of hydrogen-bond acceptors (Lipinski definition) is 3. The van der Waals surface area contributed by atoms with E-state index in [1.54, 1.807) is 0 Å². The van der Waals surface area contributed by atoms with Crippen LogP contribution in [-0.4, -0.2) is 18.1 Å². The van der Waals surface area contributed by atoms with Gasteiger partial charge in [-0.15, -0.1) is 12.4 Å². The Hall–Kier alpha value is -1.26. The van der Waals surface area contributed by atoms with Gasteiger partial charge >= 0.3 is 0 Å². The van der Waals surface area contributed by atoms with Crippen LogP contribution in [0, 0.1) is 5.92 Å². The van der Waals surface area contributed by atoms with Crippen molar-refractivity contribution in [3.8, 4) is 5.75 Å². The third kappa shape index (κ3) is 5.50. The van der Waals surface area contributed by atoms with Crippen LogP contribution in [0.3, 0.4) is 0 Å². The van der Waals surface area contributed by atoms with Gasteiger partial charge in [-0.2, -0.15) is 0 Å². The maximum Gasteiger partial charge on any atom is 0.237 e. The van der Waals surface area contributed by atoms with Crippen LogP contribution in [0.2, 0.25) is 0 Å². The first kappa shape index (κ1) is 18.8. The Bertz CT molecular complexity index is 475. The zero-order valence-electron chi connectivity index (χ0n) is 13.4. The summed E-state index contributed by atoms with van der Waals surface area (Å²) in [7, 11) is 0. The van der Waals surface area contributed by atoms with E-state index in [4.69, 9.17) is 10.5 Å². The number of ether oxygens (including phenoxy) is 1. The minimum Gasteiger partial charge on any atom is -0.490 e. The molecule has 4 nitrogen and oxygen atoms in total. The Balaban J connectivity index is 0.00000242. The molecule has 0 aliphatic heterocycles. The van der Waals surface area contributed by atoms with Gasteiger partial charge in [0.05, 0.1) is 12.1 Å². The van der Waals surface area contributed by atoms with E-state index >= 15 is 0 Å². The van der Waals surface area contributed by atoms with Gasteiger partial charge in [0.25, 0.3) is 0 Å². The Morgan fingerprint density at radius 1 is 1.36 bits per heavy atom. The number of halogens is 1. The van der Waals surface area contributed by atoms with E-state index in [9.17, 15) is 4.79 Å². The lowest BCUT2D eigenvalue weighted by molar-refractivity contribution is -0.122. The summed E-state index contributed by atoms with van der Waals surface area (Å²) >= 11 is 0. The fourth-order valence-electron chi connectivity index (χ4n) is 2.36. The van der Waals surface area contributed by atoms with Crippen LogP contribution in [-0.2, 0) is 11.3 Å². The second kappa shape index (κ2) is 9.01. The van der Waals surface area contributed by atoms with Gasteiger partial charge in [0.2, 0.25) is 5.91 Å². The largest absolute Gasteiger partial charge is 0.490 e. The summed E-state index contributed by atoms with van der Waals surface area (Å²) in [5.41, 5.74) is 6.90. The summed E-state index contributed by atoms with van der Waals surface area (Å²) in [5, 5.41) is 2.91. The highest BCUT2D eigenvalue weighted by Crippen LogP contribution is 2.27. The van der Waals surface area contributed by atoms with Crippen LogP contribution in [0.1, 0.15) is 45.1 Å². The van der Waals surface area contributed by atoms with Crippen LogP contribution in [0.4, 0.5) is 0 Å². The van der Waals surface area contributed by atoms with Crippen molar-refractivity contribution in [2.24, 2.45) is 11.7 Å². The van der Waals surface area contributed by atoms with Crippen molar-refractivity contribution < 1.29 is 9.53 Å². The van der Waals surface area contributed by atoms with E-state index in [-0.39, 0.29) is 18.3 Å². The van der Waals surface area contributed by atoms with E-state index in [0.29, 0.717) is 25.0 Å². The molecular weight excluding hydrogens is 300 g/mol. The van der Waals surface area contributed by atoms with E-state index in [2.05, 4.69) is 19.2 Å². The molecule has 1 aromatic carbocycles. The number of hydrogen-bond donors (Lipinski definition) is 2. The maximum atomic E-state index is 12.0. The summed E-state index contributed by atoms with van der Waals surface area (Å²) in [6, 6.07) is 7.44. The van der Waals surface area contributed by atoms with Crippen LogP contribution < -0.4 is 15.8 Å². The lowest BCUT2D eigenvalue weighted by Crippen LogP contribution is -2.41. The molecule has 0 heterocycles. The smallest absolute Gasteiger partial charge is 0.237 e. The van der Waals surface area contributed by atoms with Crippen molar-refractivity contribution >= 4 is 18.3 Å². The highest BCUT2D eigenvalue weighted by molar-refractivity contribution is 5.85. The van der Waals surface area contributed by atoms with Crippen molar-refractivity contribution in [1.82, 2.24) is 5.32 Å². The van der Waals surface area contributed by atoms with Gasteiger partial charge in [-0.1, -0.05) is 32.0 Å². The van der Waals surface area contributed by atoms with E-state index < -0.39 is 6.04 Å². The van der Waals surface area contributed by atoms with E-state index in [0.717, 1.165) is 24.2 Å². The first-order chi connectivity index (χ1) is 10.1. The van der Waals surface area contributed by atoms with Crippen LogP contribution in [0.25, 0.3) is 0 Å². The zero-order chi connectivity index (χ0) is 15.2. The lowest BCUT2D eigenvalue weighted by atomic mass is 9.96. The molecule has 0 spiro atoms. The lowest BCUT2D eigenvalue weighted by Gasteiger charge is -2.27. The molecule has 0 unspecified atom stereocenters. The molecule has 1 aromatic rings. The van der Waals surface area contributed by atoms with Crippen molar-refractivity contribution in [3.05, 3.63) is 29.8 Å². The molecule has 1 saturated carbocycles. The van der Waals surface area contributed by atoms with Crippen LogP contribution >= 0.6 is 12.4 Å². The van der Waals surface area contributed by atoms with Crippen LogP contribution in [0.15, 0.2) is 24.3 Å². The molecule has 3 N–H and O–H groups in total. The molecule has 1 amide bonds. The molecule has 1 atom stereocenters. The molecule has 124 valence electrons. The molecule has 0 saturated heterocycles. The number of para-hydroxylation sites is 1. The van der Waals surface area contributed by atoms with Crippen molar-refractivity contribution in [3.63, 3.8) is 0 Å². The molecule has 5 heteroatoms. The molecule has 1 fully saturated rings. The predicted octanol–water partition coefficient (Wildman–Crippen LogP) is 3.03. The highest BCUT2D eigenvalue weighted by Gasteiger charge is 2.20. The van der Waals surface area contributed by atoms with Crippen molar-refractivity contribution in [2.75, 3.05) is 0 Å². The van der Waals surface area contributed by atoms with E-state index in [1.807, 2.05) is 24.3 Å². The van der Waals surface area contributed by atoms with Gasteiger partial charge in [0.1, 0.15) is 5.75 Å². The second-order valence-corrected chi connectivity index (χ2v) is 6.23. The van der Waals surface area contributed by atoms with Gasteiger partial charge < -0.3 is 15.8 Å².